The Labute approximate surface area is 196 Å². The number of likely N-dealkylation sites (tertiary alicyclic amines) is 1. The van der Waals surface area contributed by atoms with E-state index >= 15 is 0 Å². The van der Waals surface area contributed by atoms with Crippen LogP contribution in [-0.4, -0.2) is 45.6 Å². The van der Waals surface area contributed by atoms with Gasteiger partial charge in [-0.25, -0.2) is 0 Å². The summed E-state index contributed by atoms with van der Waals surface area (Å²) in [5.74, 6) is 0.354. The minimum atomic E-state index is -0.430. The fourth-order valence-electron chi connectivity index (χ4n) is 5.50. The summed E-state index contributed by atoms with van der Waals surface area (Å²) in [6.07, 6.45) is 2.16. The molecule has 0 radical (unpaired) electrons. The number of piperidine rings is 1. The molecule has 0 bridgehead atoms. The summed E-state index contributed by atoms with van der Waals surface area (Å²) in [6, 6.07) is 20.5. The van der Waals surface area contributed by atoms with Crippen molar-refractivity contribution in [3.05, 3.63) is 86.7 Å². The number of ketones is 1. The monoisotopic (exact) mass is 494 g/mol. The van der Waals surface area contributed by atoms with Gasteiger partial charge in [0.25, 0.3) is 5.56 Å². The smallest absolute Gasteiger partial charge is 0.278 e. The molecule has 7 heteroatoms. The number of nitrogens with one attached hydrogen (secondary N) is 1. The Kier molecular flexibility index (Phi) is 5.55. The third-order valence-corrected chi connectivity index (χ3v) is 7.85. The van der Waals surface area contributed by atoms with Gasteiger partial charge in [0.05, 0.1) is 11.7 Å². The molecule has 0 amide bonds. The minimum absolute atomic E-state index is 0.0754. The first-order chi connectivity index (χ1) is 15.5. The molecule has 0 saturated carbocycles. The van der Waals surface area contributed by atoms with Crippen LogP contribution in [0.4, 0.5) is 5.69 Å². The summed E-state index contributed by atoms with van der Waals surface area (Å²) in [5.41, 5.74) is 2.62. The predicted molar refractivity (Wildman–Crippen MR) is 129 cm³/mol. The molecule has 1 unspecified atom stereocenters. The van der Waals surface area contributed by atoms with Gasteiger partial charge in [-0.1, -0.05) is 48.5 Å². The van der Waals surface area contributed by atoms with Crippen molar-refractivity contribution in [2.75, 3.05) is 24.5 Å². The van der Waals surface area contributed by atoms with Gasteiger partial charge in [-0.15, -0.1) is 0 Å². The van der Waals surface area contributed by atoms with Crippen LogP contribution >= 0.6 is 15.9 Å². The maximum absolute atomic E-state index is 13.1. The van der Waals surface area contributed by atoms with Crippen molar-refractivity contribution in [3.63, 3.8) is 0 Å². The first-order valence-corrected chi connectivity index (χ1v) is 11.9. The van der Waals surface area contributed by atoms with Gasteiger partial charge in [0.15, 0.2) is 5.78 Å². The molecule has 2 saturated heterocycles. The number of aromatic amines is 1. The lowest BCUT2D eigenvalue weighted by atomic mass is 9.82. The molecule has 1 aromatic heterocycles. The number of benzene rings is 2. The SMILES string of the molecule is Cn1[nH]c(=O)c(Br)c1C(c1ccccc1)N1CCC2(CC1)C(=O)CCN2c1ccccc1. The molecular formula is C25H27BrN4O2. The van der Waals surface area contributed by atoms with Gasteiger partial charge in [-0.2, -0.15) is 0 Å². The molecule has 2 aromatic carbocycles. The topological polar surface area (TPSA) is 61.3 Å². The predicted octanol–water partition coefficient (Wildman–Crippen LogP) is 3.88. The Balaban J connectivity index is 1.48. The Morgan fingerprint density at radius 3 is 2.16 bits per heavy atom. The van der Waals surface area contributed by atoms with Crippen molar-refractivity contribution >= 4 is 27.4 Å². The zero-order valence-electron chi connectivity index (χ0n) is 18.1. The number of carbonyl (C=O) groups excluding carboxylic acids is 1. The molecule has 1 spiro atoms. The molecule has 166 valence electrons. The van der Waals surface area contributed by atoms with E-state index in [2.05, 4.69) is 55.1 Å². The lowest BCUT2D eigenvalue weighted by Crippen LogP contribution is -2.56. The molecule has 5 rings (SSSR count). The molecule has 2 aliphatic rings. The van der Waals surface area contributed by atoms with E-state index in [1.54, 1.807) is 0 Å². The molecule has 3 aromatic rings. The van der Waals surface area contributed by atoms with Crippen molar-refractivity contribution in [3.8, 4) is 0 Å². The van der Waals surface area contributed by atoms with E-state index < -0.39 is 5.54 Å². The number of para-hydroxylation sites is 1. The lowest BCUT2D eigenvalue weighted by molar-refractivity contribution is -0.123. The van der Waals surface area contributed by atoms with Crippen molar-refractivity contribution in [1.82, 2.24) is 14.7 Å². The molecule has 3 heterocycles. The molecule has 6 nitrogen and oxygen atoms in total. The van der Waals surface area contributed by atoms with Gasteiger partial charge in [-0.3, -0.25) is 24.3 Å². The molecule has 1 atom stereocenters. The molecule has 32 heavy (non-hydrogen) atoms. The minimum Gasteiger partial charge on any atom is -0.358 e. The van der Waals surface area contributed by atoms with E-state index in [9.17, 15) is 9.59 Å². The molecule has 2 aliphatic heterocycles. The zero-order valence-corrected chi connectivity index (χ0v) is 19.7. The number of Topliss-reactive ketones (excluding diaryl/α,β-unsaturated/α-hetero) is 1. The van der Waals surface area contributed by atoms with Crippen LogP contribution in [-0.2, 0) is 11.8 Å². The van der Waals surface area contributed by atoms with Crippen LogP contribution < -0.4 is 10.5 Å². The average molecular weight is 495 g/mol. The summed E-state index contributed by atoms with van der Waals surface area (Å²) < 4.78 is 2.38. The highest BCUT2D eigenvalue weighted by atomic mass is 79.9. The van der Waals surface area contributed by atoms with Crippen molar-refractivity contribution < 1.29 is 4.79 Å². The number of aromatic nitrogens is 2. The van der Waals surface area contributed by atoms with Crippen molar-refractivity contribution in [2.45, 2.75) is 30.8 Å². The lowest BCUT2D eigenvalue weighted by Gasteiger charge is -2.46. The normalized spacial score (nSPS) is 19.6. The molecule has 1 N–H and O–H groups in total. The van der Waals surface area contributed by atoms with E-state index in [1.807, 2.05) is 48.1 Å². The zero-order chi connectivity index (χ0) is 22.3. The summed E-state index contributed by atoms with van der Waals surface area (Å²) >= 11 is 3.52. The van der Waals surface area contributed by atoms with Gasteiger partial charge >= 0.3 is 0 Å². The number of hydrogen-bond donors (Lipinski definition) is 1. The van der Waals surface area contributed by atoms with E-state index in [-0.39, 0.29) is 11.6 Å². The van der Waals surface area contributed by atoms with Crippen LogP contribution in [0.25, 0.3) is 0 Å². The Morgan fingerprint density at radius 1 is 0.938 bits per heavy atom. The number of H-pyrrole nitrogens is 1. The maximum Gasteiger partial charge on any atom is 0.278 e. The molecular weight excluding hydrogens is 468 g/mol. The highest BCUT2D eigenvalue weighted by Crippen LogP contribution is 2.42. The van der Waals surface area contributed by atoms with Gasteiger partial charge in [0, 0.05) is 38.8 Å². The number of hydrogen-bond acceptors (Lipinski definition) is 4. The average Bonchev–Trinajstić information content (AvgIpc) is 3.26. The molecule has 2 fully saturated rings. The summed E-state index contributed by atoms with van der Waals surface area (Å²) in [5, 5.41) is 2.87. The Bertz CT molecular complexity index is 1160. The van der Waals surface area contributed by atoms with Gasteiger partial charge in [0.2, 0.25) is 0 Å². The van der Waals surface area contributed by atoms with Crippen molar-refractivity contribution in [2.24, 2.45) is 7.05 Å². The number of anilines is 1. The Hall–Kier alpha value is -2.64. The van der Waals surface area contributed by atoms with E-state index in [0.717, 1.165) is 49.4 Å². The maximum atomic E-state index is 13.1. The quantitative estimate of drug-likeness (QED) is 0.597. The summed E-state index contributed by atoms with van der Waals surface area (Å²) in [4.78, 5) is 30.2. The standard InChI is InChI=1S/C25H27BrN4O2/c1-28-23(21(26)24(32)27-28)22(18-8-4-2-5-9-18)29-16-13-25(14-17-29)20(31)12-15-30(25)19-10-6-3-7-11-19/h2-11,22H,12-17H2,1H3,(H,27,32). The van der Waals surface area contributed by atoms with Crippen LogP contribution in [0.2, 0.25) is 0 Å². The van der Waals surface area contributed by atoms with Crippen LogP contribution in [0.1, 0.15) is 36.6 Å². The second-order valence-corrected chi connectivity index (χ2v) is 9.53. The third kappa shape index (κ3) is 3.44. The largest absolute Gasteiger partial charge is 0.358 e. The number of carbonyl (C=O) groups is 1. The van der Waals surface area contributed by atoms with E-state index in [4.69, 9.17) is 0 Å². The van der Waals surface area contributed by atoms with Gasteiger partial charge in [-0.05, 0) is 46.5 Å². The fraction of sp³-hybridized carbons (Fsp3) is 0.360. The van der Waals surface area contributed by atoms with Gasteiger partial charge in [0.1, 0.15) is 10.0 Å². The Morgan fingerprint density at radius 2 is 1.56 bits per heavy atom. The fourth-order valence-corrected chi connectivity index (χ4v) is 6.07. The third-order valence-electron chi connectivity index (χ3n) is 7.09. The van der Waals surface area contributed by atoms with Crippen LogP contribution in [0, 0.1) is 0 Å². The van der Waals surface area contributed by atoms with E-state index in [0.29, 0.717) is 16.7 Å². The summed E-state index contributed by atoms with van der Waals surface area (Å²) in [6.45, 7) is 2.34. The van der Waals surface area contributed by atoms with Gasteiger partial charge < -0.3 is 4.90 Å². The molecule has 0 aliphatic carbocycles. The van der Waals surface area contributed by atoms with Crippen LogP contribution in [0.15, 0.2) is 69.9 Å². The number of rotatable bonds is 4. The van der Waals surface area contributed by atoms with Crippen LogP contribution in [0.5, 0.6) is 0 Å². The number of aryl methyl sites for hydroxylation is 1. The van der Waals surface area contributed by atoms with Crippen molar-refractivity contribution in [1.29, 1.82) is 0 Å². The number of halogens is 1. The highest BCUT2D eigenvalue weighted by Gasteiger charge is 2.50. The first-order valence-electron chi connectivity index (χ1n) is 11.1. The van der Waals surface area contributed by atoms with Crippen LogP contribution in [0.3, 0.4) is 0 Å². The second-order valence-electron chi connectivity index (χ2n) is 8.74. The number of nitrogens with zero attached hydrogens (tertiary/aromatic N) is 3. The first kappa shape index (κ1) is 21.2. The van der Waals surface area contributed by atoms with E-state index in [1.165, 1.54) is 0 Å². The summed E-state index contributed by atoms with van der Waals surface area (Å²) in [7, 11) is 1.88. The second kappa shape index (κ2) is 8.37. The highest BCUT2D eigenvalue weighted by molar-refractivity contribution is 9.10.